The molecular weight excluding hydrogens is 138 g/mol. The quantitative estimate of drug-likeness (QED) is 0.364. The minimum Gasteiger partial charge on any atom is -0.390 e. The van der Waals surface area contributed by atoms with E-state index in [0.29, 0.717) is 0 Å². The van der Waals surface area contributed by atoms with Gasteiger partial charge in [0, 0.05) is 6.54 Å². The zero-order chi connectivity index (χ0) is 8.69. The Kier molecular flexibility index (Phi) is 5.47. The largest absolute Gasteiger partial charge is 0.390 e. The van der Waals surface area contributed by atoms with E-state index in [1.807, 2.05) is 33.2 Å². The fourth-order valence-electron chi connectivity index (χ4n) is 0.865. The summed E-state index contributed by atoms with van der Waals surface area (Å²) in [6.45, 7) is 2.88. The van der Waals surface area contributed by atoms with E-state index in [4.69, 9.17) is 5.73 Å². The number of nitrogens with two attached hydrogens (primary N) is 1. The lowest BCUT2D eigenvalue weighted by Crippen LogP contribution is -2.23. The highest BCUT2D eigenvalue weighted by Gasteiger charge is 2.00. The second-order valence-electron chi connectivity index (χ2n) is 2.65. The Labute approximate surface area is 68.6 Å². The normalized spacial score (nSPS) is 15.3. The Morgan fingerprint density at radius 2 is 2.18 bits per heavy atom. The van der Waals surface area contributed by atoms with Crippen molar-refractivity contribution in [3.05, 3.63) is 12.2 Å². The molecule has 0 aromatic carbocycles. The Bertz CT molecular complexity index is 126. The maximum Gasteiger partial charge on any atom is 0.0823 e. The number of likely N-dealkylation sites (N-methyl/N-ethyl adjacent to an activating group) is 1. The molecule has 0 amide bonds. The molecule has 0 aromatic heterocycles. The molecule has 0 heterocycles. The average molecular weight is 155 g/mol. The number of hydrogen-bond donors (Lipinski definition) is 1. The van der Waals surface area contributed by atoms with Crippen molar-refractivity contribution in [2.45, 2.75) is 13.0 Å². The highest BCUT2D eigenvalue weighted by Crippen LogP contribution is 1.94. The minimum absolute atomic E-state index is 0.194. The van der Waals surface area contributed by atoms with E-state index in [9.17, 15) is 0 Å². The summed E-state index contributed by atoms with van der Waals surface area (Å²) in [5.41, 5.74) is 5.19. The molecule has 0 fully saturated rings. The molecule has 3 nitrogen and oxygen atoms in total. The van der Waals surface area contributed by atoms with E-state index in [-0.39, 0.29) is 6.04 Å². The molecule has 0 spiro atoms. The number of nitrogens with zero attached hydrogens (tertiary/aromatic N) is 2. The Balaban J connectivity index is 3.89. The van der Waals surface area contributed by atoms with Crippen LogP contribution in [0.15, 0.2) is 17.1 Å². The van der Waals surface area contributed by atoms with Crippen LogP contribution in [0, 0.1) is 0 Å². The van der Waals surface area contributed by atoms with E-state index >= 15 is 0 Å². The van der Waals surface area contributed by atoms with Crippen molar-refractivity contribution in [3.63, 3.8) is 0 Å². The molecule has 0 radical (unpaired) electrons. The fraction of sp³-hybridized carbons (Fsp3) is 0.625. The van der Waals surface area contributed by atoms with Crippen molar-refractivity contribution >= 4 is 6.34 Å². The average Bonchev–Trinajstić information content (AvgIpc) is 1.87. The van der Waals surface area contributed by atoms with Crippen molar-refractivity contribution in [3.8, 4) is 0 Å². The van der Waals surface area contributed by atoms with Crippen LogP contribution in [0.1, 0.15) is 6.92 Å². The fourth-order valence-corrected chi connectivity index (χ4v) is 0.865. The van der Waals surface area contributed by atoms with Gasteiger partial charge in [0.2, 0.25) is 0 Å². The molecule has 0 saturated heterocycles. The van der Waals surface area contributed by atoms with Gasteiger partial charge in [-0.05, 0) is 21.0 Å². The number of aliphatic imine (C=N–C) groups is 1. The molecule has 0 aromatic rings. The van der Waals surface area contributed by atoms with Crippen molar-refractivity contribution in [1.82, 2.24) is 4.90 Å². The molecule has 0 saturated carbocycles. The van der Waals surface area contributed by atoms with Gasteiger partial charge in [0.15, 0.2) is 0 Å². The highest BCUT2D eigenvalue weighted by atomic mass is 15.1. The SMILES string of the molecule is CC=CC(CN(C)C)N=CN. The van der Waals surface area contributed by atoms with Crippen LogP contribution in [0.2, 0.25) is 0 Å². The van der Waals surface area contributed by atoms with Crippen LogP contribution in [0.5, 0.6) is 0 Å². The second kappa shape index (κ2) is 5.92. The first kappa shape index (κ1) is 10.2. The number of rotatable bonds is 4. The number of hydrogen-bond acceptors (Lipinski definition) is 2. The molecule has 2 N–H and O–H groups in total. The lowest BCUT2D eigenvalue weighted by Gasteiger charge is -2.13. The van der Waals surface area contributed by atoms with Crippen LogP contribution >= 0.6 is 0 Å². The van der Waals surface area contributed by atoms with Gasteiger partial charge in [-0.25, -0.2) is 0 Å². The molecule has 64 valence electrons. The van der Waals surface area contributed by atoms with Gasteiger partial charge in [-0.15, -0.1) is 0 Å². The third-order valence-electron chi connectivity index (χ3n) is 1.24. The molecule has 11 heavy (non-hydrogen) atoms. The van der Waals surface area contributed by atoms with Crippen LogP contribution in [-0.4, -0.2) is 37.9 Å². The number of allylic oxidation sites excluding steroid dienone is 1. The third-order valence-corrected chi connectivity index (χ3v) is 1.24. The van der Waals surface area contributed by atoms with Gasteiger partial charge in [-0.2, -0.15) is 0 Å². The van der Waals surface area contributed by atoms with Gasteiger partial charge in [0.25, 0.3) is 0 Å². The predicted molar refractivity (Wildman–Crippen MR) is 49.8 cm³/mol. The summed E-state index contributed by atoms with van der Waals surface area (Å²) in [6, 6.07) is 0.194. The summed E-state index contributed by atoms with van der Waals surface area (Å²) < 4.78 is 0. The van der Waals surface area contributed by atoms with E-state index in [0.717, 1.165) is 6.54 Å². The van der Waals surface area contributed by atoms with Crippen LogP contribution in [0.4, 0.5) is 0 Å². The molecule has 1 unspecified atom stereocenters. The van der Waals surface area contributed by atoms with E-state index in [1.165, 1.54) is 6.34 Å². The van der Waals surface area contributed by atoms with Gasteiger partial charge in [-0.1, -0.05) is 12.2 Å². The Morgan fingerprint density at radius 1 is 1.55 bits per heavy atom. The molecular formula is C8H17N3. The zero-order valence-corrected chi connectivity index (χ0v) is 7.49. The van der Waals surface area contributed by atoms with E-state index < -0.39 is 0 Å². The Morgan fingerprint density at radius 3 is 2.55 bits per heavy atom. The van der Waals surface area contributed by atoms with Gasteiger partial charge < -0.3 is 10.6 Å². The lowest BCUT2D eigenvalue weighted by atomic mass is 10.3. The first-order valence-electron chi connectivity index (χ1n) is 3.71. The van der Waals surface area contributed by atoms with Gasteiger partial charge in [0.1, 0.15) is 0 Å². The van der Waals surface area contributed by atoms with Crippen LogP contribution in [0.3, 0.4) is 0 Å². The molecule has 1 atom stereocenters. The monoisotopic (exact) mass is 155 g/mol. The summed E-state index contributed by atoms with van der Waals surface area (Å²) in [5, 5.41) is 0. The topological polar surface area (TPSA) is 41.6 Å². The third kappa shape index (κ3) is 5.61. The molecule has 0 aliphatic heterocycles. The van der Waals surface area contributed by atoms with Gasteiger partial charge in [-0.3, -0.25) is 4.99 Å². The first-order chi connectivity index (χ1) is 5.20. The molecule has 3 heteroatoms. The summed E-state index contributed by atoms with van der Waals surface area (Å²) in [6.07, 6.45) is 5.37. The van der Waals surface area contributed by atoms with Crippen molar-refractivity contribution in [1.29, 1.82) is 0 Å². The second-order valence-corrected chi connectivity index (χ2v) is 2.65. The summed E-state index contributed by atoms with van der Waals surface area (Å²) >= 11 is 0. The predicted octanol–water partition coefficient (Wildman–Crippen LogP) is 0.480. The lowest BCUT2D eigenvalue weighted by molar-refractivity contribution is 0.396. The molecule has 0 bridgehead atoms. The highest BCUT2D eigenvalue weighted by molar-refractivity contribution is 5.51. The Hall–Kier alpha value is -0.830. The van der Waals surface area contributed by atoms with Crippen LogP contribution in [-0.2, 0) is 0 Å². The first-order valence-corrected chi connectivity index (χ1v) is 3.71. The van der Waals surface area contributed by atoms with E-state index in [2.05, 4.69) is 9.89 Å². The zero-order valence-electron chi connectivity index (χ0n) is 7.49. The standard InChI is InChI=1S/C8H17N3/c1-4-5-8(10-7-9)6-11(2)3/h4-5,7-8H,6H2,1-3H3,(H2,9,10). The van der Waals surface area contributed by atoms with Crippen molar-refractivity contribution in [2.75, 3.05) is 20.6 Å². The summed E-state index contributed by atoms with van der Waals surface area (Å²) in [5.74, 6) is 0. The smallest absolute Gasteiger partial charge is 0.0823 e. The molecule has 0 rings (SSSR count). The molecule has 0 aliphatic carbocycles. The van der Waals surface area contributed by atoms with Gasteiger partial charge >= 0.3 is 0 Å². The maximum atomic E-state index is 5.19. The van der Waals surface area contributed by atoms with Crippen molar-refractivity contribution in [2.24, 2.45) is 10.7 Å². The van der Waals surface area contributed by atoms with Crippen LogP contribution in [0.25, 0.3) is 0 Å². The summed E-state index contributed by atoms with van der Waals surface area (Å²) in [4.78, 5) is 6.16. The molecule has 0 aliphatic rings. The van der Waals surface area contributed by atoms with Crippen LogP contribution < -0.4 is 5.73 Å². The maximum absolute atomic E-state index is 5.19. The van der Waals surface area contributed by atoms with E-state index in [1.54, 1.807) is 0 Å². The van der Waals surface area contributed by atoms with Crippen molar-refractivity contribution < 1.29 is 0 Å². The summed E-state index contributed by atoms with van der Waals surface area (Å²) in [7, 11) is 4.03. The minimum atomic E-state index is 0.194. The van der Waals surface area contributed by atoms with Gasteiger partial charge in [0.05, 0.1) is 12.4 Å².